The maximum absolute atomic E-state index is 11.6. The molecule has 1 aromatic rings. The minimum absolute atomic E-state index is 0. The Morgan fingerprint density at radius 1 is 1.11 bits per heavy atom. The molecule has 28 heavy (non-hydrogen) atoms. The average Bonchev–Trinajstić information content (AvgIpc) is 2.60. The Hall–Kier alpha value is -1.71. The number of amides is 1. The summed E-state index contributed by atoms with van der Waals surface area (Å²) in [5.74, 6) is 1.56. The molecule has 0 aliphatic rings. The SMILES string of the molecule is CCCOc1cccc(CN=C(NCC)NCCNC(=O)OC(C)(C)C)c1.I. The number of nitrogens with one attached hydrogen (secondary N) is 3. The fourth-order valence-electron chi connectivity index (χ4n) is 2.13. The van der Waals surface area contributed by atoms with Crippen molar-refractivity contribution in [3.63, 3.8) is 0 Å². The number of aliphatic imine (C=N–C) groups is 1. The van der Waals surface area contributed by atoms with Crippen molar-refractivity contribution in [3.8, 4) is 5.75 Å². The third kappa shape index (κ3) is 12.6. The lowest BCUT2D eigenvalue weighted by Crippen LogP contribution is -2.42. The number of hydrogen-bond donors (Lipinski definition) is 3. The lowest BCUT2D eigenvalue weighted by atomic mass is 10.2. The van der Waals surface area contributed by atoms with Gasteiger partial charge in [-0.3, -0.25) is 0 Å². The summed E-state index contributed by atoms with van der Waals surface area (Å²) in [4.78, 5) is 16.2. The van der Waals surface area contributed by atoms with Gasteiger partial charge in [0.05, 0.1) is 13.2 Å². The largest absolute Gasteiger partial charge is 0.494 e. The van der Waals surface area contributed by atoms with E-state index in [0.717, 1.165) is 24.3 Å². The van der Waals surface area contributed by atoms with Gasteiger partial charge in [-0.1, -0.05) is 19.1 Å². The van der Waals surface area contributed by atoms with Gasteiger partial charge < -0.3 is 25.4 Å². The van der Waals surface area contributed by atoms with Gasteiger partial charge in [-0.25, -0.2) is 9.79 Å². The normalized spacial score (nSPS) is 11.2. The fraction of sp³-hybridized carbons (Fsp3) is 0.600. The van der Waals surface area contributed by atoms with Crippen LogP contribution in [0.5, 0.6) is 5.75 Å². The van der Waals surface area contributed by atoms with Crippen molar-refractivity contribution in [1.82, 2.24) is 16.0 Å². The molecular weight excluding hydrogens is 471 g/mol. The molecular formula is C20H35IN4O3. The van der Waals surface area contributed by atoms with Crippen molar-refractivity contribution in [3.05, 3.63) is 29.8 Å². The third-order valence-corrected chi connectivity index (χ3v) is 3.22. The molecule has 3 N–H and O–H groups in total. The molecule has 1 rings (SSSR count). The Morgan fingerprint density at radius 2 is 1.82 bits per heavy atom. The highest BCUT2D eigenvalue weighted by Crippen LogP contribution is 2.14. The van der Waals surface area contributed by atoms with Crippen molar-refractivity contribution in [2.24, 2.45) is 4.99 Å². The van der Waals surface area contributed by atoms with Crippen LogP contribution in [0.15, 0.2) is 29.3 Å². The lowest BCUT2D eigenvalue weighted by molar-refractivity contribution is 0.0529. The molecule has 0 aliphatic heterocycles. The molecule has 0 atom stereocenters. The Bertz CT molecular complexity index is 603. The lowest BCUT2D eigenvalue weighted by Gasteiger charge is -2.19. The highest BCUT2D eigenvalue weighted by Gasteiger charge is 2.15. The first-order valence-corrected chi connectivity index (χ1v) is 9.54. The minimum atomic E-state index is -0.497. The summed E-state index contributed by atoms with van der Waals surface area (Å²) >= 11 is 0. The summed E-state index contributed by atoms with van der Waals surface area (Å²) < 4.78 is 10.9. The van der Waals surface area contributed by atoms with Crippen molar-refractivity contribution in [2.75, 3.05) is 26.2 Å². The molecule has 0 spiro atoms. The molecule has 0 saturated heterocycles. The highest BCUT2D eigenvalue weighted by atomic mass is 127. The van der Waals surface area contributed by atoms with E-state index >= 15 is 0 Å². The van der Waals surface area contributed by atoms with Crippen molar-refractivity contribution in [1.29, 1.82) is 0 Å². The van der Waals surface area contributed by atoms with Crippen LogP contribution in [0.25, 0.3) is 0 Å². The molecule has 0 bridgehead atoms. The van der Waals surface area contributed by atoms with E-state index in [2.05, 4.69) is 27.9 Å². The zero-order valence-corrected chi connectivity index (χ0v) is 20.0. The number of hydrogen-bond acceptors (Lipinski definition) is 4. The van der Waals surface area contributed by atoms with Crippen LogP contribution in [0.3, 0.4) is 0 Å². The minimum Gasteiger partial charge on any atom is -0.494 e. The van der Waals surface area contributed by atoms with Gasteiger partial charge in [0, 0.05) is 19.6 Å². The standard InChI is InChI=1S/C20H34N4O3.HI/c1-6-13-26-17-10-8-9-16(14-17)15-24-18(21-7-2)22-11-12-23-19(25)27-20(3,4)5;/h8-10,14H,6-7,11-13,15H2,1-5H3,(H,23,25)(H2,21,22,24);1H. The van der Waals surface area contributed by atoms with Gasteiger partial charge in [-0.2, -0.15) is 0 Å². The molecule has 160 valence electrons. The summed E-state index contributed by atoms with van der Waals surface area (Å²) in [5, 5.41) is 9.10. The fourth-order valence-corrected chi connectivity index (χ4v) is 2.13. The molecule has 1 amide bonds. The zero-order chi connectivity index (χ0) is 20.1. The molecule has 1 aromatic carbocycles. The van der Waals surface area contributed by atoms with Crippen LogP contribution in [0.1, 0.15) is 46.6 Å². The Balaban J connectivity index is 0.00000729. The number of carbonyl (C=O) groups is 1. The predicted octanol–water partition coefficient (Wildman–Crippen LogP) is 3.67. The molecule has 8 heteroatoms. The van der Waals surface area contributed by atoms with Crippen molar-refractivity contribution in [2.45, 2.75) is 53.2 Å². The first kappa shape index (κ1) is 26.3. The molecule has 0 heterocycles. The molecule has 7 nitrogen and oxygen atoms in total. The molecule has 0 aliphatic carbocycles. The van der Waals surface area contributed by atoms with E-state index in [0.29, 0.717) is 32.2 Å². The zero-order valence-electron chi connectivity index (χ0n) is 17.6. The summed E-state index contributed by atoms with van der Waals surface area (Å²) in [6.07, 6.45) is 0.559. The highest BCUT2D eigenvalue weighted by molar-refractivity contribution is 14.0. The van der Waals surface area contributed by atoms with Crippen LogP contribution in [0, 0.1) is 0 Å². The quantitative estimate of drug-likeness (QED) is 0.206. The van der Waals surface area contributed by atoms with Crippen LogP contribution in [0.2, 0.25) is 0 Å². The molecule has 0 aromatic heterocycles. The number of rotatable bonds is 9. The number of nitrogens with zero attached hydrogens (tertiary/aromatic N) is 1. The van der Waals surface area contributed by atoms with E-state index in [4.69, 9.17) is 9.47 Å². The van der Waals surface area contributed by atoms with E-state index in [9.17, 15) is 4.79 Å². The summed E-state index contributed by atoms with van der Waals surface area (Å²) in [5.41, 5.74) is 0.580. The van der Waals surface area contributed by atoms with Crippen LogP contribution in [-0.2, 0) is 11.3 Å². The van der Waals surface area contributed by atoms with Crippen LogP contribution in [-0.4, -0.2) is 43.9 Å². The maximum Gasteiger partial charge on any atom is 0.407 e. The second-order valence-corrected chi connectivity index (χ2v) is 7.05. The third-order valence-electron chi connectivity index (χ3n) is 3.22. The molecule has 0 saturated carbocycles. The average molecular weight is 506 g/mol. The van der Waals surface area contributed by atoms with E-state index in [1.165, 1.54) is 0 Å². The number of alkyl carbamates (subject to hydrolysis) is 1. The van der Waals surface area contributed by atoms with Gasteiger partial charge in [-0.05, 0) is 51.8 Å². The van der Waals surface area contributed by atoms with Gasteiger partial charge in [0.25, 0.3) is 0 Å². The Kier molecular flexibility index (Phi) is 13.4. The van der Waals surface area contributed by atoms with Gasteiger partial charge in [0.1, 0.15) is 11.4 Å². The number of carbonyl (C=O) groups excluding carboxylic acids is 1. The van der Waals surface area contributed by atoms with Crippen LogP contribution >= 0.6 is 24.0 Å². The van der Waals surface area contributed by atoms with Gasteiger partial charge in [0.2, 0.25) is 0 Å². The van der Waals surface area contributed by atoms with E-state index in [1.807, 2.05) is 52.0 Å². The summed E-state index contributed by atoms with van der Waals surface area (Å²) in [6.45, 7) is 12.6. The second kappa shape index (κ2) is 14.3. The van der Waals surface area contributed by atoms with Crippen LogP contribution < -0.4 is 20.7 Å². The Labute approximate surface area is 186 Å². The number of halogens is 1. The van der Waals surface area contributed by atoms with Crippen molar-refractivity contribution < 1.29 is 14.3 Å². The van der Waals surface area contributed by atoms with Gasteiger partial charge in [0.15, 0.2) is 5.96 Å². The van der Waals surface area contributed by atoms with Gasteiger partial charge in [-0.15, -0.1) is 24.0 Å². The first-order chi connectivity index (χ1) is 12.8. The molecule has 0 fully saturated rings. The van der Waals surface area contributed by atoms with E-state index in [1.54, 1.807) is 0 Å². The van der Waals surface area contributed by atoms with Crippen molar-refractivity contribution >= 4 is 36.0 Å². The smallest absolute Gasteiger partial charge is 0.407 e. The number of ether oxygens (including phenoxy) is 2. The Morgan fingerprint density at radius 3 is 2.46 bits per heavy atom. The maximum atomic E-state index is 11.6. The summed E-state index contributed by atoms with van der Waals surface area (Å²) in [7, 11) is 0. The number of benzene rings is 1. The van der Waals surface area contributed by atoms with E-state index in [-0.39, 0.29) is 24.0 Å². The van der Waals surface area contributed by atoms with E-state index < -0.39 is 11.7 Å². The van der Waals surface area contributed by atoms with Gasteiger partial charge >= 0.3 is 6.09 Å². The predicted molar refractivity (Wildman–Crippen MR) is 125 cm³/mol. The number of guanidine groups is 1. The second-order valence-electron chi connectivity index (χ2n) is 7.05. The molecule has 0 unspecified atom stereocenters. The monoisotopic (exact) mass is 506 g/mol. The first-order valence-electron chi connectivity index (χ1n) is 9.54. The topological polar surface area (TPSA) is 84.0 Å². The molecule has 0 radical (unpaired) electrons. The van der Waals surface area contributed by atoms with Crippen LogP contribution in [0.4, 0.5) is 4.79 Å². The summed E-state index contributed by atoms with van der Waals surface area (Å²) in [6, 6.07) is 7.96.